The first-order valence-corrected chi connectivity index (χ1v) is 5.14. The molecule has 0 spiro atoms. The molecule has 86 valence electrons. The molecule has 0 bridgehead atoms. The lowest BCUT2D eigenvalue weighted by Gasteiger charge is -2.31. The van der Waals surface area contributed by atoms with Crippen LogP contribution in [0.5, 0.6) is 0 Å². The number of hydrogen-bond acceptors (Lipinski definition) is 2. The van der Waals surface area contributed by atoms with Crippen molar-refractivity contribution in [1.29, 1.82) is 0 Å². The fourth-order valence-electron chi connectivity index (χ4n) is 1.92. The van der Waals surface area contributed by atoms with Crippen LogP contribution in [-0.4, -0.2) is 29.2 Å². The number of nitrogens with zero attached hydrogens (tertiary/aromatic N) is 2. The SMILES string of the molecule is NC(N)=NC(N)=NC1(CO)CCCCC1. The minimum absolute atomic E-state index is 0.00625. The second kappa shape index (κ2) is 4.97. The highest BCUT2D eigenvalue weighted by Crippen LogP contribution is 2.31. The molecule has 0 saturated heterocycles. The number of aliphatic hydroxyl groups is 1. The van der Waals surface area contributed by atoms with Crippen LogP contribution in [-0.2, 0) is 0 Å². The first kappa shape index (κ1) is 11.8. The van der Waals surface area contributed by atoms with E-state index in [1.165, 1.54) is 6.42 Å². The molecule has 1 aliphatic carbocycles. The molecule has 0 aromatic heterocycles. The predicted molar refractivity (Wildman–Crippen MR) is 60.3 cm³/mol. The largest absolute Gasteiger partial charge is 0.394 e. The summed E-state index contributed by atoms with van der Waals surface area (Å²) in [6.45, 7) is -0.00625. The molecule has 15 heavy (non-hydrogen) atoms. The Bertz CT molecular complexity index is 264. The van der Waals surface area contributed by atoms with Crippen molar-refractivity contribution in [3.63, 3.8) is 0 Å². The third-order valence-corrected chi connectivity index (χ3v) is 2.67. The zero-order valence-corrected chi connectivity index (χ0v) is 8.82. The summed E-state index contributed by atoms with van der Waals surface area (Å²) < 4.78 is 0. The van der Waals surface area contributed by atoms with Crippen molar-refractivity contribution in [3.8, 4) is 0 Å². The normalized spacial score (nSPS) is 21.0. The summed E-state index contributed by atoms with van der Waals surface area (Å²) in [5.41, 5.74) is 15.5. The second-order valence-corrected chi connectivity index (χ2v) is 3.95. The van der Waals surface area contributed by atoms with Gasteiger partial charge in [0.1, 0.15) is 0 Å². The van der Waals surface area contributed by atoms with Gasteiger partial charge < -0.3 is 22.3 Å². The molecule has 6 heteroatoms. The molecule has 7 N–H and O–H groups in total. The van der Waals surface area contributed by atoms with Gasteiger partial charge in [-0.25, -0.2) is 4.99 Å². The van der Waals surface area contributed by atoms with Gasteiger partial charge in [0.15, 0.2) is 5.96 Å². The second-order valence-electron chi connectivity index (χ2n) is 3.95. The van der Waals surface area contributed by atoms with Crippen molar-refractivity contribution in [3.05, 3.63) is 0 Å². The van der Waals surface area contributed by atoms with Gasteiger partial charge in [0.05, 0.1) is 12.1 Å². The fraction of sp³-hybridized carbons (Fsp3) is 0.778. The quantitative estimate of drug-likeness (QED) is 0.356. The number of nitrogens with two attached hydrogens (primary N) is 3. The number of aliphatic imine (C=N–C) groups is 2. The summed E-state index contributed by atoms with van der Waals surface area (Å²) in [6.07, 6.45) is 4.96. The highest BCUT2D eigenvalue weighted by atomic mass is 16.3. The van der Waals surface area contributed by atoms with E-state index in [0.29, 0.717) is 0 Å². The topological polar surface area (TPSA) is 123 Å². The molecule has 0 aromatic carbocycles. The van der Waals surface area contributed by atoms with E-state index in [-0.39, 0.29) is 18.5 Å². The van der Waals surface area contributed by atoms with Gasteiger partial charge in [0.2, 0.25) is 5.96 Å². The summed E-state index contributed by atoms with van der Waals surface area (Å²) in [7, 11) is 0. The van der Waals surface area contributed by atoms with Crippen molar-refractivity contribution >= 4 is 11.9 Å². The first-order chi connectivity index (χ1) is 7.08. The average Bonchev–Trinajstić information content (AvgIpc) is 2.17. The van der Waals surface area contributed by atoms with Gasteiger partial charge >= 0.3 is 0 Å². The molecular formula is C9H19N5O. The number of hydrogen-bond donors (Lipinski definition) is 4. The smallest absolute Gasteiger partial charge is 0.219 e. The van der Waals surface area contributed by atoms with Crippen LogP contribution < -0.4 is 17.2 Å². The first-order valence-electron chi connectivity index (χ1n) is 5.14. The number of rotatable bonds is 2. The standard InChI is InChI=1S/C9H19N5O/c10-7(11)13-8(12)14-9(6-15)4-2-1-3-5-9/h15H,1-6H2,(H6,10,11,12,13,14). The molecule has 6 nitrogen and oxygen atoms in total. The van der Waals surface area contributed by atoms with Gasteiger partial charge in [-0.05, 0) is 12.8 Å². The predicted octanol–water partition coefficient (Wildman–Crippen LogP) is -0.730. The van der Waals surface area contributed by atoms with Crippen molar-refractivity contribution < 1.29 is 5.11 Å². The van der Waals surface area contributed by atoms with Crippen LogP contribution in [0.2, 0.25) is 0 Å². The van der Waals surface area contributed by atoms with Crippen molar-refractivity contribution in [1.82, 2.24) is 0 Å². The van der Waals surface area contributed by atoms with Crippen molar-refractivity contribution in [2.45, 2.75) is 37.6 Å². The van der Waals surface area contributed by atoms with E-state index in [2.05, 4.69) is 9.98 Å². The zero-order valence-electron chi connectivity index (χ0n) is 8.82. The highest BCUT2D eigenvalue weighted by Gasteiger charge is 2.31. The van der Waals surface area contributed by atoms with Gasteiger partial charge in [-0.15, -0.1) is 0 Å². The van der Waals surface area contributed by atoms with Crippen LogP contribution in [0.1, 0.15) is 32.1 Å². The molecular weight excluding hydrogens is 194 g/mol. The van der Waals surface area contributed by atoms with E-state index in [4.69, 9.17) is 17.2 Å². The number of guanidine groups is 2. The lowest BCUT2D eigenvalue weighted by Crippen LogP contribution is -2.36. The molecule has 1 fully saturated rings. The lowest BCUT2D eigenvalue weighted by atomic mass is 9.83. The van der Waals surface area contributed by atoms with Gasteiger partial charge in [-0.2, -0.15) is 4.99 Å². The minimum Gasteiger partial charge on any atom is -0.394 e. The molecule has 0 aromatic rings. The molecule has 0 amide bonds. The Kier molecular flexibility index (Phi) is 3.90. The fourth-order valence-corrected chi connectivity index (χ4v) is 1.92. The molecule has 1 saturated carbocycles. The van der Waals surface area contributed by atoms with Gasteiger partial charge in [-0.1, -0.05) is 19.3 Å². The molecule has 0 unspecified atom stereocenters. The van der Waals surface area contributed by atoms with Gasteiger partial charge in [0, 0.05) is 0 Å². The van der Waals surface area contributed by atoms with E-state index < -0.39 is 5.54 Å². The van der Waals surface area contributed by atoms with E-state index in [1.54, 1.807) is 0 Å². The van der Waals surface area contributed by atoms with Gasteiger partial charge in [-0.3, -0.25) is 0 Å². The van der Waals surface area contributed by atoms with Crippen molar-refractivity contribution in [2.75, 3.05) is 6.61 Å². The highest BCUT2D eigenvalue weighted by molar-refractivity contribution is 5.92. The van der Waals surface area contributed by atoms with Crippen molar-refractivity contribution in [2.24, 2.45) is 27.2 Å². The molecule has 1 aliphatic rings. The molecule has 0 radical (unpaired) electrons. The van der Waals surface area contributed by atoms with Crippen LogP contribution in [0, 0.1) is 0 Å². The molecule has 1 rings (SSSR count). The maximum absolute atomic E-state index is 9.35. The van der Waals surface area contributed by atoms with Crippen LogP contribution in [0.4, 0.5) is 0 Å². The lowest BCUT2D eigenvalue weighted by molar-refractivity contribution is 0.158. The summed E-state index contributed by atoms with van der Waals surface area (Å²) in [5, 5.41) is 9.35. The minimum atomic E-state index is -0.471. The third-order valence-electron chi connectivity index (χ3n) is 2.67. The maximum Gasteiger partial charge on any atom is 0.219 e. The van der Waals surface area contributed by atoms with Crippen LogP contribution in [0.15, 0.2) is 9.98 Å². The summed E-state index contributed by atoms with van der Waals surface area (Å²) in [6, 6.07) is 0. The average molecular weight is 213 g/mol. The molecule has 0 aliphatic heterocycles. The van der Waals surface area contributed by atoms with Crippen LogP contribution in [0.3, 0.4) is 0 Å². The van der Waals surface area contributed by atoms with Crippen LogP contribution in [0.25, 0.3) is 0 Å². The van der Waals surface area contributed by atoms with E-state index >= 15 is 0 Å². The Morgan fingerprint density at radius 1 is 1.13 bits per heavy atom. The summed E-state index contributed by atoms with van der Waals surface area (Å²) in [4.78, 5) is 7.88. The Morgan fingerprint density at radius 3 is 2.20 bits per heavy atom. The van der Waals surface area contributed by atoms with Crippen LogP contribution >= 0.6 is 0 Å². The third kappa shape index (κ3) is 3.39. The van der Waals surface area contributed by atoms with E-state index in [9.17, 15) is 5.11 Å². The van der Waals surface area contributed by atoms with Gasteiger partial charge in [0.25, 0.3) is 0 Å². The Hall–Kier alpha value is -1.30. The molecule has 0 heterocycles. The number of aliphatic hydroxyl groups excluding tert-OH is 1. The molecule has 0 atom stereocenters. The zero-order chi connectivity index (χ0) is 11.3. The monoisotopic (exact) mass is 213 g/mol. The Morgan fingerprint density at radius 2 is 1.73 bits per heavy atom. The summed E-state index contributed by atoms with van der Waals surface area (Å²) in [5.74, 6) is -0.0638. The van der Waals surface area contributed by atoms with E-state index in [1.807, 2.05) is 0 Å². The maximum atomic E-state index is 9.35. The Labute approximate surface area is 89.3 Å². The summed E-state index contributed by atoms with van der Waals surface area (Å²) >= 11 is 0. The Balaban J connectivity index is 2.78. The van der Waals surface area contributed by atoms with E-state index in [0.717, 1.165) is 25.7 Å².